The van der Waals surface area contributed by atoms with E-state index in [0.29, 0.717) is 33.7 Å². The highest BCUT2D eigenvalue weighted by molar-refractivity contribution is 8.26. The lowest BCUT2D eigenvalue weighted by Gasteiger charge is -2.13. The maximum absolute atomic E-state index is 12.5. The van der Waals surface area contributed by atoms with Crippen molar-refractivity contribution in [2.45, 2.75) is 12.8 Å². The number of methoxy groups -OCH3 is 3. The molecule has 6 nitrogen and oxygen atoms in total. The molecule has 1 aliphatic heterocycles. The fourth-order valence-corrected chi connectivity index (χ4v) is 3.58. The molecule has 0 unspecified atom stereocenters. The molecule has 0 atom stereocenters. The quantitative estimate of drug-likeness (QED) is 0.409. The molecule has 0 aliphatic carbocycles. The molecule has 2 rings (SSSR count). The Bertz CT molecular complexity index is 717. The van der Waals surface area contributed by atoms with Gasteiger partial charge in [0.2, 0.25) is 0 Å². The number of carbonyl (C=O) groups excluding carboxylic acids is 2. The summed E-state index contributed by atoms with van der Waals surface area (Å²) in [5.74, 6) is 0.751. The predicted molar refractivity (Wildman–Crippen MR) is 101 cm³/mol. The number of thiocarbonyl (C=S) groups is 1. The van der Waals surface area contributed by atoms with Gasteiger partial charge in [0, 0.05) is 13.0 Å². The molecule has 0 bridgehead atoms. The van der Waals surface area contributed by atoms with Gasteiger partial charge in [-0.15, -0.1) is 0 Å². The predicted octanol–water partition coefficient (Wildman–Crippen LogP) is 2.86. The molecule has 1 aromatic carbocycles. The minimum atomic E-state index is -0.300. The molecule has 1 aromatic rings. The second kappa shape index (κ2) is 8.87. The average Bonchev–Trinajstić information content (AvgIpc) is 2.88. The van der Waals surface area contributed by atoms with Crippen LogP contribution in [-0.2, 0) is 14.3 Å². The van der Waals surface area contributed by atoms with E-state index in [1.807, 2.05) is 6.07 Å². The van der Waals surface area contributed by atoms with Crippen molar-refractivity contribution in [3.63, 3.8) is 0 Å². The highest BCUT2D eigenvalue weighted by Crippen LogP contribution is 2.34. The Hall–Kier alpha value is -2.06. The molecular weight excluding hydrogens is 362 g/mol. The largest absolute Gasteiger partial charge is 0.493 e. The van der Waals surface area contributed by atoms with Crippen molar-refractivity contribution >= 4 is 46.3 Å². The van der Waals surface area contributed by atoms with Crippen molar-refractivity contribution in [1.29, 1.82) is 0 Å². The first-order valence-corrected chi connectivity index (χ1v) is 8.76. The van der Waals surface area contributed by atoms with Crippen molar-refractivity contribution < 1.29 is 23.8 Å². The van der Waals surface area contributed by atoms with Crippen molar-refractivity contribution in [2.75, 3.05) is 27.9 Å². The summed E-state index contributed by atoms with van der Waals surface area (Å²) < 4.78 is 15.6. The van der Waals surface area contributed by atoms with E-state index in [9.17, 15) is 9.59 Å². The third-order valence-electron chi connectivity index (χ3n) is 3.57. The van der Waals surface area contributed by atoms with Crippen molar-refractivity contribution in [1.82, 2.24) is 4.90 Å². The topological polar surface area (TPSA) is 65.1 Å². The van der Waals surface area contributed by atoms with Gasteiger partial charge in [0.25, 0.3) is 5.91 Å². The highest BCUT2D eigenvalue weighted by Gasteiger charge is 2.31. The minimum Gasteiger partial charge on any atom is -0.493 e. The number of rotatable bonds is 7. The average molecular weight is 381 g/mol. The Labute approximate surface area is 156 Å². The molecule has 1 aliphatic rings. The third kappa shape index (κ3) is 4.73. The van der Waals surface area contributed by atoms with E-state index in [2.05, 4.69) is 4.74 Å². The van der Waals surface area contributed by atoms with Gasteiger partial charge >= 0.3 is 5.97 Å². The van der Waals surface area contributed by atoms with Crippen LogP contribution in [0, 0.1) is 0 Å². The molecule has 0 aromatic heterocycles. The number of ether oxygens (including phenoxy) is 3. The first-order chi connectivity index (χ1) is 12.0. The zero-order chi connectivity index (χ0) is 18.4. The monoisotopic (exact) mass is 381 g/mol. The van der Waals surface area contributed by atoms with Gasteiger partial charge in [-0.05, 0) is 30.2 Å². The summed E-state index contributed by atoms with van der Waals surface area (Å²) in [7, 11) is 4.47. The molecule has 1 heterocycles. The van der Waals surface area contributed by atoms with Crippen LogP contribution in [0.2, 0.25) is 0 Å². The van der Waals surface area contributed by atoms with Crippen LogP contribution in [0.25, 0.3) is 6.08 Å². The standard InChI is InChI=1S/C17H19NO5S2/c1-21-12-7-6-11(9-13(12)22-2)10-14-16(20)18(17(24)25-14)8-4-5-15(19)23-3/h6-7,9-10H,4-5,8H2,1-3H3/b14-10-. The summed E-state index contributed by atoms with van der Waals surface area (Å²) in [6, 6.07) is 5.41. The van der Waals surface area contributed by atoms with Gasteiger partial charge in [0.15, 0.2) is 11.5 Å². The summed E-state index contributed by atoms with van der Waals surface area (Å²) in [4.78, 5) is 25.7. The number of nitrogens with zero attached hydrogens (tertiary/aromatic N) is 1. The van der Waals surface area contributed by atoms with Crippen molar-refractivity contribution in [3.8, 4) is 11.5 Å². The van der Waals surface area contributed by atoms with Crippen LogP contribution >= 0.6 is 24.0 Å². The normalized spacial score (nSPS) is 15.6. The van der Waals surface area contributed by atoms with Gasteiger partial charge in [0.05, 0.1) is 26.2 Å². The number of thioether (sulfide) groups is 1. The van der Waals surface area contributed by atoms with Crippen LogP contribution in [0.5, 0.6) is 11.5 Å². The number of hydrogen-bond acceptors (Lipinski definition) is 7. The number of benzene rings is 1. The molecule has 1 saturated heterocycles. The van der Waals surface area contributed by atoms with Gasteiger partial charge in [-0.2, -0.15) is 0 Å². The summed E-state index contributed by atoms with van der Waals surface area (Å²) in [5, 5.41) is 0. The zero-order valence-electron chi connectivity index (χ0n) is 14.2. The Balaban J connectivity index is 2.10. The Kier molecular flexibility index (Phi) is 6.83. The van der Waals surface area contributed by atoms with E-state index in [4.69, 9.17) is 21.7 Å². The van der Waals surface area contributed by atoms with Gasteiger partial charge in [0.1, 0.15) is 4.32 Å². The van der Waals surface area contributed by atoms with Gasteiger partial charge in [-0.25, -0.2) is 0 Å². The SMILES string of the molecule is COC(=O)CCCN1C(=O)/C(=C/c2ccc(OC)c(OC)c2)SC1=S. The smallest absolute Gasteiger partial charge is 0.305 e. The molecule has 1 amide bonds. The van der Waals surface area contributed by atoms with Crippen LogP contribution in [0.4, 0.5) is 0 Å². The summed E-state index contributed by atoms with van der Waals surface area (Å²) >= 11 is 6.52. The number of carbonyl (C=O) groups is 2. The van der Waals surface area contributed by atoms with Crippen LogP contribution in [0.15, 0.2) is 23.1 Å². The second-order valence-electron chi connectivity index (χ2n) is 5.13. The first-order valence-electron chi connectivity index (χ1n) is 7.54. The Morgan fingerprint density at radius 3 is 2.60 bits per heavy atom. The van der Waals surface area contributed by atoms with Crippen LogP contribution in [0.3, 0.4) is 0 Å². The number of hydrogen-bond donors (Lipinski definition) is 0. The zero-order valence-corrected chi connectivity index (χ0v) is 15.9. The van der Waals surface area contributed by atoms with Crippen LogP contribution < -0.4 is 9.47 Å². The van der Waals surface area contributed by atoms with Crippen LogP contribution in [-0.4, -0.2) is 49.0 Å². The lowest BCUT2D eigenvalue weighted by molar-refractivity contribution is -0.141. The molecular formula is C17H19NO5S2. The number of esters is 1. The molecule has 1 fully saturated rings. The molecule has 0 radical (unpaired) electrons. The molecule has 25 heavy (non-hydrogen) atoms. The van der Waals surface area contributed by atoms with Crippen molar-refractivity contribution in [2.24, 2.45) is 0 Å². The number of amides is 1. The lowest BCUT2D eigenvalue weighted by atomic mass is 10.2. The summed E-state index contributed by atoms with van der Waals surface area (Å²) in [6.07, 6.45) is 2.52. The van der Waals surface area contributed by atoms with Gasteiger partial charge in [-0.1, -0.05) is 30.0 Å². The van der Waals surface area contributed by atoms with E-state index in [1.165, 1.54) is 23.8 Å². The molecule has 8 heteroatoms. The van der Waals surface area contributed by atoms with Gasteiger partial charge in [-0.3, -0.25) is 14.5 Å². The van der Waals surface area contributed by atoms with Gasteiger partial charge < -0.3 is 14.2 Å². The lowest BCUT2D eigenvalue weighted by Crippen LogP contribution is -2.29. The Morgan fingerprint density at radius 2 is 1.96 bits per heavy atom. The van der Waals surface area contributed by atoms with E-state index in [-0.39, 0.29) is 18.3 Å². The van der Waals surface area contributed by atoms with E-state index in [0.717, 1.165) is 5.56 Å². The Morgan fingerprint density at radius 1 is 1.24 bits per heavy atom. The minimum absolute atomic E-state index is 0.158. The fraction of sp³-hybridized carbons (Fsp3) is 0.353. The summed E-state index contributed by atoms with van der Waals surface area (Å²) in [6.45, 7) is 0.392. The van der Waals surface area contributed by atoms with E-state index in [1.54, 1.807) is 32.4 Å². The molecule has 0 saturated carbocycles. The highest BCUT2D eigenvalue weighted by atomic mass is 32.2. The van der Waals surface area contributed by atoms with Crippen molar-refractivity contribution in [3.05, 3.63) is 28.7 Å². The van der Waals surface area contributed by atoms with Crippen LogP contribution in [0.1, 0.15) is 18.4 Å². The third-order valence-corrected chi connectivity index (χ3v) is 4.95. The van der Waals surface area contributed by atoms with E-state index >= 15 is 0 Å². The molecule has 134 valence electrons. The fourth-order valence-electron chi connectivity index (χ4n) is 2.27. The maximum atomic E-state index is 12.5. The van der Waals surface area contributed by atoms with E-state index < -0.39 is 0 Å². The molecule has 0 N–H and O–H groups in total. The first kappa shape index (κ1) is 19.3. The summed E-state index contributed by atoms with van der Waals surface area (Å²) in [5.41, 5.74) is 0.813. The maximum Gasteiger partial charge on any atom is 0.305 e. The second-order valence-corrected chi connectivity index (χ2v) is 6.80. The molecule has 0 spiro atoms.